The first-order chi connectivity index (χ1) is 7.72. The van der Waals surface area contributed by atoms with Crippen molar-refractivity contribution in [1.29, 1.82) is 0 Å². The van der Waals surface area contributed by atoms with Crippen molar-refractivity contribution in [3.05, 3.63) is 21.1 Å². The van der Waals surface area contributed by atoms with E-state index in [1.807, 2.05) is 0 Å². The quantitative estimate of drug-likeness (QED) is 0.614. The summed E-state index contributed by atoms with van der Waals surface area (Å²) < 4.78 is 6.26. The van der Waals surface area contributed by atoms with E-state index in [9.17, 15) is 0 Å². The van der Waals surface area contributed by atoms with Crippen LogP contribution in [0.1, 0.15) is 43.6 Å². The molecule has 0 spiro atoms. The fourth-order valence-corrected chi connectivity index (χ4v) is 2.18. The number of nitrogens with zero attached hydrogens (tertiary/aromatic N) is 2. The predicted molar refractivity (Wildman–Crippen MR) is 66.7 cm³/mol. The summed E-state index contributed by atoms with van der Waals surface area (Å²) >= 11 is 9.49. The van der Waals surface area contributed by atoms with Gasteiger partial charge in [0.25, 0.3) is 0 Å². The van der Waals surface area contributed by atoms with Crippen molar-refractivity contribution in [3.8, 4) is 0 Å². The first kappa shape index (κ1) is 12.3. The van der Waals surface area contributed by atoms with Crippen LogP contribution in [0.5, 0.6) is 0 Å². The molecule has 0 saturated heterocycles. The fraction of sp³-hybridized carbons (Fsp3) is 0.636. The average molecular weight is 306 g/mol. The molecule has 1 aromatic heterocycles. The van der Waals surface area contributed by atoms with Gasteiger partial charge in [-0.05, 0) is 35.2 Å². The van der Waals surface area contributed by atoms with E-state index in [2.05, 4.69) is 32.8 Å². The Morgan fingerprint density at radius 2 is 2.19 bits per heavy atom. The van der Waals surface area contributed by atoms with Gasteiger partial charge in [-0.25, -0.2) is 9.97 Å². The van der Waals surface area contributed by atoms with Gasteiger partial charge in [-0.3, -0.25) is 0 Å². The van der Waals surface area contributed by atoms with Gasteiger partial charge < -0.3 is 4.74 Å². The standard InChI is InChI=1S/C11H14BrClN2O/c1-2-5-16-6-8-14-10(7-3-4-7)9(12)11(13)15-8/h7H,2-6H2,1H3. The van der Waals surface area contributed by atoms with Crippen LogP contribution in [0.3, 0.4) is 0 Å². The lowest BCUT2D eigenvalue weighted by Crippen LogP contribution is -2.04. The van der Waals surface area contributed by atoms with Crippen molar-refractivity contribution in [3.63, 3.8) is 0 Å². The molecule has 0 amide bonds. The molecule has 0 atom stereocenters. The Labute approximate surface area is 109 Å². The third-order valence-electron chi connectivity index (χ3n) is 2.43. The van der Waals surface area contributed by atoms with Gasteiger partial charge in [0.1, 0.15) is 11.8 Å². The van der Waals surface area contributed by atoms with E-state index in [0.717, 1.165) is 23.2 Å². The van der Waals surface area contributed by atoms with Gasteiger partial charge in [-0.2, -0.15) is 0 Å². The largest absolute Gasteiger partial charge is 0.373 e. The Bertz CT molecular complexity index is 382. The first-order valence-electron chi connectivity index (χ1n) is 5.52. The molecule has 0 unspecified atom stereocenters. The van der Waals surface area contributed by atoms with Crippen LogP contribution in [0, 0.1) is 0 Å². The van der Waals surface area contributed by atoms with Crippen molar-refractivity contribution >= 4 is 27.5 Å². The number of rotatable bonds is 5. The molecular weight excluding hydrogens is 291 g/mol. The zero-order chi connectivity index (χ0) is 11.5. The van der Waals surface area contributed by atoms with Gasteiger partial charge in [-0.1, -0.05) is 18.5 Å². The molecule has 1 aliphatic carbocycles. The number of hydrogen-bond acceptors (Lipinski definition) is 3. The summed E-state index contributed by atoms with van der Waals surface area (Å²) in [5.74, 6) is 1.24. The van der Waals surface area contributed by atoms with E-state index in [-0.39, 0.29) is 0 Å². The smallest absolute Gasteiger partial charge is 0.156 e. The van der Waals surface area contributed by atoms with E-state index in [1.165, 1.54) is 12.8 Å². The second kappa shape index (κ2) is 5.43. The lowest BCUT2D eigenvalue weighted by atomic mass is 10.3. The second-order valence-corrected chi connectivity index (χ2v) is 5.11. The summed E-state index contributed by atoms with van der Waals surface area (Å²) in [5.41, 5.74) is 1.04. The Hall–Kier alpha value is -0.190. The lowest BCUT2D eigenvalue weighted by Gasteiger charge is -2.07. The normalized spacial score (nSPS) is 15.4. The number of halogens is 2. The van der Waals surface area contributed by atoms with Gasteiger partial charge in [0.15, 0.2) is 5.82 Å². The molecule has 16 heavy (non-hydrogen) atoms. The maximum Gasteiger partial charge on any atom is 0.156 e. The van der Waals surface area contributed by atoms with Crippen LogP contribution < -0.4 is 0 Å². The van der Waals surface area contributed by atoms with Crippen molar-refractivity contribution in [2.75, 3.05) is 6.61 Å². The lowest BCUT2D eigenvalue weighted by molar-refractivity contribution is 0.116. The Morgan fingerprint density at radius 1 is 1.44 bits per heavy atom. The van der Waals surface area contributed by atoms with Crippen LogP contribution in [0.4, 0.5) is 0 Å². The highest BCUT2D eigenvalue weighted by molar-refractivity contribution is 9.10. The number of hydrogen-bond donors (Lipinski definition) is 0. The molecule has 5 heteroatoms. The minimum atomic E-state index is 0.445. The molecule has 0 bridgehead atoms. The van der Waals surface area contributed by atoms with E-state index in [0.29, 0.717) is 23.5 Å². The van der Waals surface area contributed by atoms with Crippen LogP contribution >= 0.6 is 27.5 Å². The SMILES string of the molecule is CCCOCc1nc(Cl)c(Br)c(C2CC2)n1. The first-order valence-corrected chi connectivity index (χ1v) is 6.69. The molecule has 2 rings (SSSR count). The summed E-state index contributed by atoms with van der Waals surface area (Å²) in [6, 6.07) is 0. The number of aromatic nitrogens is 2. The predicted octanol–water partition coefficient (Wildman–Crippen LogP) is 3.70. The van der Waals surface area contributed by atoms with E-state index in [4.69, 9.17) is 16.3 Å². The van der Waals surface area contributed by atoms with Crippen LogP contribution in [-0.2, 0) is 11.3 Å². The molecule has 0 N–H and O–H groups in total. The monoisotopic (exact) mass is 304 g/mol. The fourth-order valence-electron chi connectivity index (χ4n) is 1.48. The minimum absolute atomic E-state index is 0.445. The highest BCUT2D eigenvalue weighted by Gasteiger charge is 2.29. The van der Waals surface area contributed by atoms with Gasteiger partial charge in [-0.15, -0.1) is 0 Å². The van der Waals surface area contributed by atoms with Crippen molar-refractivity contribution in [1.82, 2.24) is 9.97 Å². The van der Waals surface area contributed by atoms with Gasteiger partial charge in [0, 0.05) is 12.5 Å². The highest BCUT2D eigenvalue weighted by Crippen LogP contribution is 2.43. The molecule has 1 fully saturated rings. The summed E-state index contributed by atoms with van der Waals surface area (Å²) in [4.78, 5) is 8.70. The minimum Gasteiger partial charge on any atom is -0.373 e. The maximum absolute atomic E-state index is 6.05. The highest BCUT2D eigenvalue weighted by atomic mass is 79.9. The molecular formula is C11H14BrClN2O. The molecule has 3 nitrogen and oxygen atoms in total. The van der Waals surface area contributed by atoms with Crippen LogP contribution in [0.25, 0.3) is 0 Å². The maximum atomic E-state index is 6.05. The van der Waals surface area contributed by atoms with E-state index in [1.54, 1.807) is 0 Å². The van der Waals surface area contributed by atoms with Crippen molar-refractivity contribution < 1.29 is 4.74 Å². The third kappa shape index (κ3) is 2.93. The molecule has 1 heterocycles. The zero-order valence-electron chi connectivity index (χ0n) is 9.17. The third-order valence-corrected chi connectivity index (χ3v) is 3.71. The second-order valence-electron chi connectivity index (χ2n) is 3.96. The van der Waals surface area contributed by atoms with E-state index >= 15 is 0 Å². The van der Waals surface area contributed by atoms with Crippen molar-refractivity contribution in [2.24, 2.45) is 0 Å². The summed E-state index contributed by atoms with van der Waals surface area (Å²) in [7, 11) is 0. The van der Waals surface area contributed by atoms with Gasteiger partial charge in [0.2, 0.25) is 0 Å². The molecule has 0 aromatic carbocycles. The van der Waals surface area contributed by atoms with E-state index < -0.39 is 0 Å². The van der Waals surface area contributed by atoms with Crippen LogP contribution in [-0.4, -0.2) is 16.6 Å². The number of ether oxygens (including phenoxy) is 1. The van der Waals surface area contributed by atoms with Crippen LogP contribution in [0.2, 0.25) is 5.15 Å². The summed E-state index contributed by atoms with van der Waals surface area (Å²) in [5, 5.41) is 0.493. The van der Waals surface area contributed by atoms with Gasteiger partial charge >= 0.3 is 0 Å². The van der Waals surface area contributed by atoms with Crippen molar-refractivity contribution in [2.45, 2.75) is 38.7 Å². The van der Waals surface area contributed by atoms with Gasteiger partial charge in [0.05, 0.1) is 10.2 Å². The average Bonchev–Trinajstić information content (AvgIpc) is 3.07. The molecule has 0 radical (unpaired) electrons. The Morgan fingerprint density at radius 3 is 2.81 bits per heavy atom. The zero-order valence-corrected chi connectivity index (χ0v) is 11.5. The van der Waals surface area contributed by atoms with Crippen LogP contribution in [0.15, 0.2) is 4.47 Å². The molecule has 1 saturated carbocycles. The Balaban J connectivity index is 2.13. The topological polar surface area (TPSA) is 35.0 Å². The molecule has 0 aliphatic heterocycles. The summed E-state index contributed by atoms with van der Waals surface area (Å²) in [6.07, 6.45) is 3.39. The summed E-state index contributed by atoms with van der Waals surface area (Å²) in [6.45, 7) is 3.25. The molecule has 1 aromatic rings. The Kier molecular flexibility index (Phi) is 4.16. The molecule has 88 valence electrons. The molecule has 1 aliphatic rings.